The summed E-state index contributed by atoms with van der Waals surface area (Å²) in [4.78, 5) is 4.22. The summed E-state index contributed by atoms with van der Waals surface area (Å²) in [5, 5.41) is 5.47. The number of halogens is 3. The minimum Gasteiger partial charge on any atom is -0.277 e. The number of nitrogens with one attached hydrogen (secondary N) is 1. The molecule has 0 unspecified atom stereocenters. The van der Waals surface area contributed by atoms with Gasteiger partial charge in [-0.25, -0.2) is 8.78 Å². The molecule has 1 aromatic heterocycles. The third kappa shape index (κ3) is 3.14. The van der Waals surface area contributed by atoms with Crippen molar-refractivity contribution in [2.45, 2.75) is 6.92 Å². The first-order valence-corrected chi connectivity index (χ1v) is 7.23. The van der Waals surface area contributed by atoms with Gasteiger partial charge in [-0.3, -0.25) is 10.4 Å². The zero-order chi connectivity index (χ0) is 16.4. The molecular formula is C17H12ClF2N3. The van der Waals surface area contributed by atoms with Crippen LogP contribution in [0.3, 0.4) is 0 Å². The average Bonchev–Trinajstić information content (AvgIpc) is 2.52. The molecule has 0 saturated heterocycles. The monoisotopic (exact) mass is 331 g/mol. The number of hydrogen-bond acceptors (Lipinski definition) is 3. The van der Waals surface area contributed by atoms with Crippen molar-refractivity contribution >= 4 is 33.9 Å². The van der Waals surface area contributed by atoms with E-state index in [1.54, 1.807) is 24.4 Å². The second-order valence-electron chi connectivity index (χ2n) is 4.93. The molecule has 6 heteroatoms. The van der Waals surface area contributed by atoms with Crippen molar-refractivity contribution in [2.75, 3.05) is 5.43 Å². The number of benzene rings is 2. The highest BCUT2D eigenvalue weighted by Crippen LogP contribution is 2.24. The summed E-state index contributed by atoms with van der Waals surface area (Å²) >= 11 is 5.94. The van der Waals surface area contributed by atoms with Crippen LogP contribution in [0.5, 0.6) is 0 Å². The third-order valence-electron chi connectivity index (χ3n) is 3.37. The molecule has 23 heavy (non-hydrogen) atoms. The number of pyridine rings is 1. The standard InChI is InChI=1S/C17H12ClF2N3/c1-10(17-13(19)3-2-4-14(17)20)22-23-15-7-8-21-16-9-11(18)5-6-12(15)16/h2-9H,1H3,(H,21,23)/b22-10-. The lowest BCUT2D eigenvalue weighted by Crippen LogP contribution is -2.05. The van der Waals surface area contributed by atoms with Crippen molar-refractivity contribution < 1.29 is 8.78 Å². The van der Waals surface area contributed by atoms with Gasteiger partial charge in [-0.15, -0.1) is 0 Å². The lowest BCUT2D eigenvalue weighted by Gasteiger charge is -2.08. The Balaban J connectivity index is 1.97. The number of hydrogen-bond donors (Lipinski definition) is 1. The smallest absolute Gasteiger partial charge is 0.135 e. The van der Waals surface area contributed by atoms with Gasteiger partial charge in [0.1, 0.15) is 11.6 Å². The third-order valence-corrected chi connectivity index (χ3v) is 3.61. The van der Waals surface area contributed by atoms with E-state index < -0.39 is 11.6 Å². The minimum absolute atomic E-state index is 0.151. The van der Waals surface area contributed by atoms with Crippen molar-refractivity contribution in [3.05, 3.63) is 70.9 Å². The summed E-state index contributed by atoms with van der Waals surface area (Å²) in [6, 6.07) is 10.7. The molecule has 3 aromatic rings. The van der Waals surface area contributed by atoms with Gasteiger partial charge >= 0.3 is 0 Å². The Morgan fingerprint density at radius 1 is 1.13 bits per heavy atom. The van der Waals surface area contributed by atoms with Crippen LogP contribution in [0.25, 0.3) is 10.9 Å². The fourth-order valence-electron chi connectivity index (χ4n) is 2.26. The molecule has 0 radical (unpaired) electrons. The van der Waals surface area contributed by atoms with Crippen LogP contribution in [0, 0.1) is 11.6 Å². The molecule has 3 nitrogen and oxygen atoms in total. The van der Waals surface area contributed by atoms with E-state index in [4.69, 9.17) is 11.6 Å². The first-order chi connectivity index (χ1) is 11.1. The Labute approximate surface area is 136 Å². The fourth-order valence-corrected chi connectivity index (χ4v) is 2.43. The highest BCUT2D eigenvalue weighted by atomic mass is 35.5. The average molecular weight is 332 g/mol. The molecule has 0 bridgehead atoms. The van der Waals surface area contributed by atoms with E-state index in [1.807, 2.05) is 6.07 Å². The van der Waals surface area contributed by atoms with E-state index >= 15 is 0 Å². The molecule has 1 N–H and O–H groups in total. The predicted octanol–water partition coefficient (Wildman–Crippen LogP) is 5.00. The number of hydrazone groups is 1. The van der Waals surface area contributed by atoms with E-state index in [2.05, 4.69) is 15.5 Å². The molecular weight excluding hydrogens is 320 g/mol. The van der Waals surface area contributed by atoms with Gasteiger partial charge in [0.2, 0.25) is 0 Å². The van der Waals surface area contributed by atoms with Crippen LogP contribution in [-0.4, -0.2) is 10.7 Å². The van der Waals surface area contributed by atoms with Gasteiger partial charge in [0, 0.05) is 16.6 Å². The number of aromatic nitrogens is 1. The van der Waals surface area contributed by atoms with Gasteiger partial charge in [-0.1, -0.05) is 17.7 Å². The molecule has 0 aliphatic rings. The molecule has 1 heterocycles. The molecule has 116 valence electrons. The molecule has 0 aliphatic heterocycles. The molecule has 0 atom stereocenters. The first-order valence-electron chi connectivity index (χ1n) is 6.85. The maximum Gasteiger partial charge on any atom is 0.135 e. The normalized spacial score (nSPS) is 11.7. The number of rotatable bonds is 3. The SMILES string of the molecule is C/C(=N/Nc1ccnc2cc(Cl)ccc12)c1c(F)cccc1F. The van der Waals surface area contributed by atoms with Gasteiger partial charge in [0.15, 0.2) is 0 Å². The van der Waals surface area contributed by atoms with Crippen molar-refractivity contribution in [3.63, 3.8) is 0 Å². The van der Waals surface area contributed by atoms with Gasteiger partial charge in [0.25, 0.3) is 0 Å². The van der Waals surface area contributed by atoms with E-state index in [9.17, 15) is 8.78 Å². The molecule has 0 aliphatic carbocycles. The second kappa shape index (κ2) is 6.30. The highest BCUT2D eigenvalue weighted by molar-refractivity contribution is 6.31. The summed E-state index contributed by atoms with van der Waals surface area (Å²) in [6.07, 6.45) is 1.61. The zero-order valence-corrected chi connectivity index (χ0v) is 12.9. The Kier molecular flexibility index (Phi) is 4.21. The molecule has 0 saturated carbocycles. The van der Waals surface area contributed by atoms with Crippen molar-refractivity contribution in [1.82, 2.24) is 4.98 Å². The van der Waals surface area contributed by atoms with Gasteiger partial charge in [-0.2, -0.15) is 5.10 Å². The van der Waals surface area contributed by atoms with Gasteiger partial charge < -0.3 is 0 Å². The highest BCUT2D eigenvalue weighted by Gasteiger charge is 2.11. The summed E-state index contributed by atoms with van der Waals surface area (Å²) in [5.74, 6) is -1.31. The van der Waals surface area contributed by atoms with Gasteiger partial charge in [-0.05, 0) is 43.3 Å². The van der Waals surface area contributed by atoms with E-state index in [-0.39, 0.29) is 11.3 Å². The Morgan fingerprint density at radius 2 is 1.87 bits per heavy atom. The summed E-state index contributed by atoms with van der Waals surface area (Å²) < 4.78 is 27.5. The second-order valence-corrected chi connectivity index (χ2v) is 5.36. The van der Waals surface area contributed by atoms with Crippen molar-refractivity contribution in [2.24, 2.45) is 5.10 Å². The van der Waals surface area contributed by atoms with Crippen LogP contribution < -0.4 is 5.43 Å². The van der Waals surface area contributed by atoms with Crippen LogP contribution in [-0.2, 0) is 0 Å². The summed E-state index contributed by atoms with van der Waals surface area (Å²) in [7, 11) is 0. The van der Waals surface area contributed by atoms with E-state index in [1.165, 1.54) is 25.1 Å². The number of nitrogens with zero attached hydrogens (tertiary/aromatic N) is 2. The maximum atomic E-state index is 13.8. The first kappa shape index (κ1) is 15.4. The predicted molar refractivity (Wildman–Crippen MR) is 88.9 cm³/mol. The largest absolute Gasteiger partial charge is 0.277 e. The van der Waals surface area contributed by atoms with Crippen molar-refractivity contribution in [3.8, 4) is 0 Å². The van der Waals surface area contributed by atoms with Crippen LogP contribution in [0.2, 0.25) is 5.02 Å². The number of anilines is 1. The van der Waals surface area contributed by atoms with E-state index in [0.29, 0.717) is 16.2 Å². The minimum atomic E-state index is -0.653. The lowest BCUT2D eigenvalue weighted by molar-refractivity contribution is 0.579. The number of fused-ring (bicyclic) bond motifs is 1. The molecule has 2 aromatic carbocycles. The van der Waals surface area contributed by atoms with E-state index in [0.717, 1.165) is 5.39 Å². The van der Waals surface area contributed by atoms with Crippen LogP contribution in [0.4, 0.5) is 14.5 Å². The quantitative estimate of drug-likeness (QED) is 0.541. The summed E-state index contributed by atoms with van der Waals surface area (Å²) in [6.45, 7) is 1.54. The Bertz CT molecular complexity index is 889. The van der Waals surface area contributed by atoms with Crippen LogP contribution in [0.15, 0.2) is 53.8 Å². The Hall–Kier alpha value is -2.53. The summed E-state index contributed by atoms with van der Waals surface area (Å²) in [5.41, 5.74) is 4.26. The zero-order valence-electron chi connectivity index (χ0n) is 12.1. The molecule has 0 fully saturated rings. The van der Waals surface area contributed by atoms with Crippen LogP contribution in [0.1, 0.15) is 12.5 Å². The molecule has 3 rings (SSSR count). The molecule has 0 amide bonds. The lowest BCUT2D eigenvalue weighted by atomic mass is 10.1. The Morgan fingerprint density at radius 3 is 2.61 bits per heavy atom. The topological polar surface area (TPSA) is 37.3 Å². The van der Waals surface area contributed by atoms with Gasteiger partial charge in [0.05, 0.1) is 22.5 Å². The fraction of sp³-hybridized carbons (Fsp3) is 0.0588. The van der Waals surface area contributed by atoms with Crippen LogP contribution >= 0.6 is 11.6 Å². The maximum absolute atomic E-state index is 13.8. The molecule has 0 spiro atoms. The van der Waals surface area contributed by atoms with Crippen molar-refractivity contribution in [1.29, 1.82) is 0 Å².